The molecule has 0 aromatic carbocycles. The summed E-state index contributed by atoms with van der Waals surface area (Å²) in [5.41, 5.74) is 42.1. The zero-order chi connectivity index (χ0) is 56.1. The van der Waals surface area contributed by atoms with Crippen LogP contribution in [0.2, 0.25) is 0 Å². The van der Waals surface area contributed by atoms with Crippen molar-refractivity contribution in [3.05, 3.63) is 0 Å². The molecule has 0 aromatic heterocycles. The molecule has 35 atom stereocenters. The van der Waals surface area contributed by atoms with E-state index in [2.05, 4.69) is 0 Å². The second-order valence-corrected chi connectivity index (χ2v) is 20.0. The van der Waals surface area contributed by atoms with Crippen LogP contribution in [0.15, 0.2) is 0 Å². The fourth-order valence-electron chi connectivity index (χ4n) is 10.7. The van der Waals surface area contributed by atoms with Crippen molar-refractivity contribution in [1.82, 2.24) is 0 Å². The number of ether oxygens (including phenoxy) is 14. The van der Waals surface area contributed by atoms with Crippen LogP contribution >= 0.6 is 0 Å². The molecule has 21 fully saturated rings. The molecule has 21 rings (SSSR count). The smallest absolute Gasteiger partial charge is 0.187 e. The van der Waals surface area contributed by atoms with Gasteiger partial charge in [0.2, 0.25) is 0 Å². The Morgan fingerprint density at radius 1 is 0.169 bits per heavy atom. The van der Waals surface area contributed by atoms with Crippen molar-refractivity contribution >= 4 is 0 Å². The van der Waals surface area contributed by atoms with E-state index in [-0.39, 0.29) is 0 Å². The number of nitrogens with two attached hydrogens (primary N) is 7. The minimum atomic E-state index is -2.05. The minimum Gasteiger partial charge on any atom is -0.387 e. The first-order chi connectivity index (χ1) is 36.7. The van der Waals surface area contributed by atoms with Gasteiger partial charge in [-0.3, -0.25) is 0 Å². The summed E-state index contributed by atoms with van der Waals surface area (Å²) in [5.74, 6) is 0. The standard InChI is InChI=1S/C42H77N7O28/c43-1-8-29-15(50)22(57)36(64-8)72-30-9(2-44)66-38(24(59)17(30)52)74-32-11(4-46)68-40(26(61)19(32)54)76-34-13(6-48)70-42(28(63)21(34)56)77-35-14(7-49)69-41(27(62)20(35)55)75-33-12(5-47)67-39(25(60)18(33)53)73-31-10(3-45)65-37(71-29)23(58)16(31)51/h8-42,50-63H,1-7,43-49H2/t8-,9-,10-,11-,12+,13+,14+,15-,16-,17-,18-,19-,20-,21-,22+,23-,24+,25-,26-,27-,28-,29-,30-,31-,32-,33-,34-,35-,36+,37-,38+,39+,40+,41+,42+/m1/s1. The second kappa shape index (κ2) is 26.0. The second-order valence-electron chi connectivity index (χ2n) is 20.0. The van der Waals surface area contributed by atoms with E-state index >= 15 is 0 Å². The lowest BCUT2D eigenvalue weighted by Gasteiger charge is -2.50. The third kappa shape index (κ3) is 12.1. The Kier molecular flexibility index (Phi) is 20.8. The van der Waals surface area contributed by atoms with Crippen LogP contribution in [0, 0.1) is 0 Å². The number of rotatable bonds is 7. The summed E-state index contributed by atoms with van der Waals surface area (Å²) in [4.78, 5) is 0. The lowest BCUT2D eigenvalue weighted by molar-refractivity contribution is -0.391. The van der Waals surface area contributed by atoms with Crippen LogP contribution in [0.4, 0.5) is 0 Å². The molecule has 77 heavy (non-hydrogen) atoms. The average Bonchev–Trinajstić information content (AvgIpc) is 3.45. The molecule has 35 nitrogen and oxygen atoms in total. The monoisotopic (exact) mass is 1130 g/mol. The molecule has 0 aromatic rings. The number of hydrogen-bond acceptors (Lipinski definition) is 35. The van der Waals surface area contributed by atoms with Crippen molar-refractivity contribution in [2.24, 2.45) is 40.1 Å². The predicted molar refractivity (Wildman–Crippen MR) is 242 cm³/mol. The quantitative estimate of drug-likeness (QED) is 0.113. The SMILES string of the molecule is NC[C@@H]1O[C@H]2O[C@H]3[C@H](O)[C@@H](O)[C@H](O[C@H]4[C@H](O)[C@@H](O)[C@@H](O[C@H]5[C@H](O)[C@H](O)[C@H](O[C@H]6[C@H](O)[C@H](O)[C@H](O[C@H]7[C@H](O)[C@@H](O)[C@H](O[C@H]8[C@H](O)[C@@H](O)[C@H](O[C@H]1[C@H](O)[C@H]2O)O[C@H]8CN)O[C@@H]7CN)O[C@@H]6CN)O[C@@H]5CN)O[C@@H]4CN)O[C@H]3CN. The lowest BCUT2D eigenvalue weighted by Crippen LogP contribution is -2.69. The molecule has 0 amide bonds. The van der Waals surface area contributed by atoms with Crippen LogP contribution in [0.25, 0.3) is 0 Å². The minimum absolute atomic E-state index is 0.466. The highest BCUT2D eigenvalue weighted by Crippen LogP contribution is 2.38. The van der Waals surface area contributed by atoms with Gasteiger partial charge in [0.15, 0.2) is 44.0 Å². The summed E-state index contributed by atoms with van der Waals surface area (Å²) in [5, 5.41) is 160. The first-order valence-electron chi connectivity index (χ1n) is 25.3. The fraction of sp³-hybridized carbons (Fsp3) is 1.00. The van der Waals surface area contributed by atoms with Crippen LogP contribution in [-0.2, 0) is 66.3 Å². The molecule has 35 heteroatoms. The molecule has 21 aliphatic heterocycles. The van der Waals surface area contributed by atoms with E-state index in [4.69, 9.17) is 106 Å². The van der Waals surface area contributed by atoms with E-state index in [0.717, 1.165) is 0 Å². The van der Waals surface area contributed by atoms with Gasteiger partial charge in [-0.05, 0) is 0 Å². The number of aliphatic hydroxyl groups is 14. The Balaban J connectivity index is 1.08. The summed E-state index contributed by atoms with van der Waals surface area (Å²) < 4.78 is 82.4. The highest BCUT2D eigenvalue weighted by atomic mass is 16.8. The third-order valence-corrected chi connectivity index (χ3v) is 15.1. The maximum Gasteiger partial charge on any atom is 0.187 e. The molecule has 0 spiro atoms. The Bertz CT molecular complexity index is 1490. The van der Waals surface area contributed by atoms with Gasteiger partial charge in [0.25, 0.3) is 0 Å². The van der Waals surface area contributed by atoms with Gasteiger partial charge in [-0.25, -0.2) is 0 Å². The van der Waals surface area contributed by atoms with Gasteiger partial charge in [0.1, 0.15) is 171 Å². The molecule has 0 unspecified atom stereocenters. The van der Waals surface area contributed by atoms with E-state index in [1.165, 1.54) is 0 Å². The zero-order valence-corrected chi connectivity index (χ0v) is 41.2. The molecule has 14 bridgehead atoms. The van der Waals surface area contributed by atoms with Crippen LogP contribution in [0.3, 0.4) is 0 Å². The molecular weight excluding hydrogens is 1050 g/mol. The van der Waals surface area contributed by atoms with E-state index in [1.807, 2.05) is 0 Å². The number of hydrogen-bond donors (Lipinski definition) is 21. The summed E-state index contributed by atoms with van der Waals surface area (Å²) in [6.45, 7) is -3.26. The first kappa shape index (κ1) is 61.7. The summed E-state index contributed by atoms with van der Waals surface area (Å²) in [7, 11) is 0. The fourth-order valence-corrected chi connectivity index (χ4v) is 10.7. The Hall–Kier alpha value is -1.40. The molecule has 21 aliphatic rings. The largest absolute Gasteiger partial charge is 0.387 e. The summed E-state index contributed by atoms with van der Waals surface area (Å²) >= 11 is 0. The van der Waals surface area contributed by atoms with Crippen molar-refractivity contribution in [3.63, 3.8) is 0 Å². The lowest BCUT2D eigenvalue weighted by atomic mass is 9.95. The van der Waals surface area contributed by atoms with E-state index < -0.39 is 261 Å². The summed E-state index contributed by atoms with van der Waals surface area (Å²) in [6.07, 6.45) is -62.7. The van der Waals surface area contributed by atoms with Crippen molar-refractivity contribution < 1.29 is 138 Å². The molecular formula is C42H77N7O28. The first-order valence-corrected chi connectivity index (χ1v) is 25.3. The van der Waals surface area contributed by atoms with E-state index in [9.17, 15) is 71.5 Å². The molecule has 0 saturated carbocycles. The van der Waals surface area contributed by atoms with Gasteiger partial charge in [0.05, 0.1) is 0 Å². The molecule has 28 N–H and O–H groups in total. The third-order valence-electron chi connectivity index (χ3n) is 15.1. The summed E-state index contributed by atoms with van der Waals surface area (Å²) in [6, 6.07) is 0. The van der Waals surface area contributed by atoms with Crippen LogP contribution in [0.5, 0.6) is 0 Å². The Morgan fingerprint density at radius 3 is 0.364 bits per heavy atom. The van der Waals surface area contributed by atoms with Crippen molar-refractivity contribution in [2.75, 3.05) is 45.8 Å². The van der Waals surface area contributed by atoms with E-state index in [1.54, 1.807) is 0 Å². The Labute approximate surface area is 438 Å². The predicted octanol–water partition coefficient (Wildman–Crippen LogP) is -15.5. The van der Waals surface area contributed by atoms with Crippen LogP contribution in [-0.4, -0.2) is 332 Å². The van der Waals surface area contributed by atoms with Crippen LogP contribution in [0.1, 0.15) is 0 Å². The maximum absolute atomic E-state index is 11.5. The van der Waals surface area contributed by atoms with Crippen molar-refractivity contribution in [3.8, 4) is 0 Å². The molecule has 0 aliphatic carbocycles. The van der Waals surface area contributed by atoms with Gasteiger partial charge in [-0.15, -0.1) is 0 Å². The van der Waals surface area contributed by atoms with E-state index in [0.29, 0.717) is 0 Å². The molecule has 21 heterocycles. The van der Waals surface area contributed by atoms with Gasteiger partial charge in [0, 0.05) is 45.8 Å². The van der Waals surface area contributed by atoms with Gasteiger partial charge >= 0.3 is 0 Å². The Morgan fingerprint density at radius 2 is 0.273 bits per heavy atom. The van der Waals surface area contributed by atoms with Crippen molar-refractivity contribution in [2.45, 2.75) is 215 Å². The highest BCUT2D eigenvalue weighted by Gasteiger charge is 2.59. The molecule has 0 radical (unpaired) electrons. The molecule has 21 saturated heterocycles. The zero-order valence-electron chi connectivity index (χ0n) is 41.2. The highest BCUT2D eigenvalue weighted by molar-refractivity contribution is 5.02. The van der Waals surface area contributed by atoms with Crippen LogP contribution < -0.4 is 40.1 Å². The van der Waals surface area contributed by atoms with Gasteiger partial charge in [-0.1, -0.05) is 0 Å². The maximum atomic E-state index is 11.5. The van der Waals surface area contributed by atoms with Gasteiger partial charge in [-0.2, -0.15) is 0 Å². The average molecular weight is 1130 g/mol. The molecule has 448 valence electrons. The topological polar surface area (TPSA) is 595 Å². The normalized spacial score (nSPS) is 55.4. The van der Waals surface area contributed by atoms with Crippen molar-refractivity contribution in [1.29, 1.82) is 0 Å². The van der Waals surface area contributed by atoms with Gasteiger partial charge < -0.3 is 178 Å². The number of aliphatic hydroxyl groups excluding tert-OH is 14.